The lowest BCUT2D eigenvalue weighted by molar-refractivity contribution is 0.215. The van der Waals surface area contributed by atoms with E-state index in [-0.39, 0.29) is 18.1 Å². The summed E-state index contributed by atoms with van der Waals surface area (Å²) in [5, 5.41) is 8.86. The van der Waals surface area contributed by atoms with E-state index in [0.717, 1.165) is 6.07 Å². The van der Waals surface area contributed by atoms with Crippen LogP contribution in [-0.4, -0.2) is 35.2 Å². The zero-order valence-electron chi connectivity index (χ0n) is 11.4. The van der Waals surface area contributed by atoms with Gasteiger partial charge in [0.1, 0.15) is 5.76 Å². The summed E-state index contributed by atoms with van der Waals surface area (Å²) in [4.78, 5) is 6.07. The van der Waals surface area contributed by atoms with Crippen molar-refractivity contribution < 1.29 is 18.3 Å². The fraction of sp³-hybridized carbons (Fsp3) is 0.357. The van der Waals surface area contributed by atoms with Gasteiger partial charge in [-0.15, -0.1) is 0 Å². The van der Waals surface area contributed by atoms with E-state index in [4.69, 9.17) is 9.52 Å². The maximum atomic E-state index is 13.7. The van der Waals surface area contributed by atoms with Crippen LogP contribution in [0.2, 0.25) is 0 Å². The molecule has 1 aromatic heterocycles. The first-order chi connectivity index (χ1) is 9.52. The molecule has 0 aliphatic heterocycles. The van der Waals surface area contributed by atoms with E-state index in [9.17, 15) is 8.78 Å². The third-order valence-corrected chi connectivity index (χ3v) is 2.98. The third-order valence-electron chi connectivity index (χ3n) is 2.98. The second-order valence-corrected chi connectivity index (χ2v) is 4.58. The monoisotopic (exact) mass is 282 g/mol. The Kier molecular flexibility index (Phi) is 4.46. The van der Waals surface area contributed by atoms with Gasteiger partial charge in [0.15, 0.2) is 11.6 Å². The zero-order chi connectivity index (χ0) is 14.7. The van der Waals surface area contributed by atoms with E-state index >= 15 is 0 Å². The van der Waals surface area contributed by atoms with Crippen LogP contribution in [0.25, 0.3) is 11.5 Å². The number of nitrogens with zero attached hydrogens (tertiary/aromatic N) is 2. The minimum absolute atomic E-state index is 0.00385. The van der Waals surface area contributed by atoms with Crippen molar-refractivity contribution in [3.8, 4) is 11.5 Å². The maximum Gasteiger partial charge on any atom is 0.229 e. The van der Waals surface area contributed by atoms with Crippen molar-refractivity contribution in [1.29, 1.82) is 0 Å². The summed E-state index contributed by atoms with van der Waals surface area (Å²) in [6, 6.07) is 3.88. The second-order valence-electron chi connectivity index (χ2n) is 4.58. The molecule has 0 unspecified atom stereocenters. The Morgan fingerprint density at radius 1 is 1.35 bits per heavy atom. The van der Waals surface area contributed by atoms with E-state index in [1.54, 1.807) is 6.92 Å². The molecule has 0 fully saturated rings. The molecule has 0 aliphatic carbocycles. The van der Waals surface area contributed by atoms with Crippen molar-refractivity contribution in [3.05, 3.63) is 41.3 Å². The number of aromatic nitrogens is 1. The number of aliphatic hydroxyl groups is 1. The molecular weight excluding hydrogens is 266 g/mol. The van der Waals surface area contributed by atoms with E-state index in [2.05, 4.69) is 4.98 Å². The van der Waals surface area contributed by atoms with Crippen LogP contribution >= 0.6 is 0 Å². The highest BCUT2D eigenvalue weighted by atomic mass is 19.2. The van der Waals surface area contributed by atoms with Gasteiger partial charge in [0, 0.05) is 13.1 Å². The molecule has 20 heavy (non-hydrogen) atoms. The van der Waals surface area contributed by atoms with Crippen molar-refractivity contribution >= 4 is 0 Å². The predicted molar refractivity (Wildman–Crippen MR) is 70.0 cm³/mol. The molecule has 2 rings (SSSR count). The molecule has 0 saturated heterocycles. The summed E-state index contributed by atoms with van der Waals surface area (Å²) in [5.74, 6) is -1.29. The molecule has 0 radical (unpaired) electrons. The Morgan fingerprint density at radius 3 is 2.80 bits per heavy atom. The van der Waals surface area contributed by atoms with E-state index < -0.39 is 11.6 Å². The maximum absolute atomic E-state index is 13.7. The van der Waals surface area contributed by atoms with Gasteiger partial charge in [-0.05, 0) is 26.1 Å². The van der Waals surface area contributed by atoms with Crippen LogP contribution in [0.5, 0.6) is 0 Å². The summed E-state index contributed by atoms with van der Waals surface area (Å²) in [7, 11) is 1.83. The van der Waals surface area contributed by atoms with Gasteiger partial charge < -0.3 is 9.52 Å². The lowest BCUT2D eigenvalue weighted by atomic mass is 10.2. The zero-order valence-corrected chi connectivity index (χ0v) is 11.4. The number of hydrogen-bond acceptors (Lipinski definition) is 4. The van der Waals surface area contributed by atoms with Crippen molar-refractivity contribution in [2.24, 2.45) is 0 Å². The average Bonchev–Trinajstić information content (AvgIpc) is 2.74. The Bertz CT molecular complexity index is 599. The lowest BCUT2D eigenvalue weighted by Gasteiger charge is -2.12. The largest absolute Gasteiger partial charge is 0.441 e. The Morgan fingerprint density at radius 2 is 2.10 bits per heavy atom. The van der Waals surface area contributed by atoms with Gasteiger partial charge in [-0.25, -0.2) is 13.8 Å². The molecule has 0 amide bonds. The van der Waals surface area contributed by atoms with Crippen LogP contribution in [0.3, 0.4) is 0 Å². The third kappa shape index (κ3) is 3.02. The van der Waals surface area contributed by atoms with Crippen molar-refractivity contribution in [3.63, 3.8) is 0 Å². The average molecular weight is 282 g/mol. The summed E-state index contributed by atoms with van der Waals surface area (Å²) in [5.41, 5.74) is 0.642. The highest BCUT2D eigenvalue weighted by molar-refractivity contribution is 5.54. The molecule has 6 heteroatoms. The van der Waals surface area contributed by atoms with Crippen LogP contribution in [-0.2, 0) is 6.54 Å². The van der Waals surface area contributed by atoms with E-state index in [1.165, 1.54) is 12.1 Å². The van der Waals surface area contributed by atoms with E-state index in [1.807, 2.05) is 11.9 Å². The predicted octanol–water partition coefficient (Wildman–Crippen LogP) is 2.35. The summed E-state index contributed by atoms with van der Waals surface area (Å²) in [6.07, 6.45) is 0. The van der Waals surface area contributed by atoms with Gasteiger partial charge in [-0.1, -0.05) is 6.07 Å². The minimum atomic E-state index is -0.969. The van der Waals surface area contributed by atoms with Crippen molar-refractivity contribution in [2.45, 2.75) is 13.5 Å². The van der Waals surface area contributed by atoms with E-state index in [0.29, 0.717) is 24.5 Å². The minimum Gasteiger partial charge on any atom is -0.441 e. The topological polar surface area (TPSA) is 49.5 Å². The number of hydrogen-bond donors (Lipinski definition) is 1. The summed E-state index contributed by atoms with van der Waals surface area (Å²) >= 11 is 0. The van der Waals surface area contributed by atoms with Gasteiger partial charge in [0.2, 0.25) is 5.89 Å². The van der Waals surface area contributed by atoms with Crippen molar-refractivity contribution in [1.82, 2.24) is 9.88 Å². The smallest absolute Gasteiger partial charge is 0.229 e. The second kappa shape index (κ2) is 6.11. The SMILES string of the molecule is Cc1oc(-c2cccc(F)c2F)nc1CN(C)CCO. The normalized spacial score (nSPS) is 11.3. The molecule has 0 saturated carbocycles. The molecule has 1 aromatic carbocycles. The number of aryl methyl sites for hydroxylation is 1. The van der Waals surface area contributed by atoms with Crippen LogP contribution in [0.4, 0.5) is 8.78 Å². The number of oxazole rings is 1. The first-order valence-corrected chi connectivity index (χ1v) is 6.23. The van der Waals surface area contributed by atoms with Crippen LogP contribution in [0.15, 0.2) is 22.6 Å². The first kappa shape index (κ1) is 14.6. The number of aliphatic hydroxyl groups excluding tert-OH is 1. The standard InChI is InChI=1S/C14H16F2N2O2/c1-9-12(8-18(2)6-7-19)17-14(20-9)10-4-3-5-11(15)13(10)16/h3-5,19H,6-8H2,1-2H3. The molecule has 0 bridgehead atoms. The van der Waals surface area contributed by atoms with Crippen LogP contribution < -0.4 is 0 Å². The molecule has 2 aromatic rings. The van der Waals surface area contributed by atoms with Gasteiger partial charge in [0.25, 0.3) is 0 Å². The molecule has 0 atom stereocenters. The number of likely N-dealkylation sites (N-methyl/N-ethyl adjacent to an activating group) is 1. The number of rotatable bonds is 5. The van der Waals surface area contributed by atoms with Gasteiger partial charge in [0.05, 0.1) is 17.9 Å². The summed E-state index contributed by atoms with van der Waals surface area (Å²) < 4.78 is 32.3. The Hall–Kier alpha value is -1.79. The summed E-state index contributed by atoms with van der Waals surface area (Å²) in [6.45, 7) is 2.72. The number of halogens is 2. The molecule has 108 valence electrons. The lowest BCUT2D eigenvalue weighted by Crippen LogP contribution is -2.22. The van der Waals surface area contributed by atoms with Crippen LogP contribution in [0.1, 0.15) is 11.5 Å². The molecule has 1 N–H and O–H groups in total. The van der Waals surface area contributed by atoms with Gasteiger partial charge in [-0.2, -0.15) is 0 Å². The van der Waals surface area contributed by atoms with Crippen molar-refractivity contribution in [2.75, 3.05) is 20.2 Å². The number of benzene rings is 1. The molecule has 0 spiro atoms. The highest BCUT2D eigenvalue weighted by Gasteiger charge is 2.17. The fourth-order valence-electron chi connectivity index (χ4n) is 1.86. The van der Waals surface area contributed by atoms with Gasteiger partial charge >= 0.3 is 0 Å². The molecule has 4 nitrogen and oxygen atoms in total. The first-order valence-electron chi connectivity index (χ1n) is 6.23. The molecule has 1 heterocycles. The molecular formula is C14H16F2N2O2. The Balaban J connectivity index is 2.29. The quantitative estimate of drug-likeness (QED) is 0.914. The fourth-order valence-corrected chi connectivity index (χ4v) is 1.86. The highest BCUT2D eigenvalue weighted by Crippen LogP contribution is 2.26. The van der Waals surface area contributed by atoms with Gasteiger partial charge in [-0.3, -0.25) is 4.90 Å². The van der Waals surface area contributed by atoms with Crippen LogP contribution in [0, 0.1) is 18.6 Å². The molecule has 0 aliphatic rings. The Labute approximate surface area is 115 Å².